The monoisotopic (exact) mass is 361 g/mol. The molecule has 4 rings (SSSR count). The van der Waals surface area contributed by atoms with E-state index in [1.807, 2.05) is 29.2 Å². The van der Waals surface area contributed by atoms with Gasteiger partial charge in [-0.15, -0.1) is 12.4 Å². The molecule has 1 aromatic carbocycles. The van der Waals surface area contributed by atoms with Crippen molar-refractivity contribution in [2.24, 2.45) is 5.92 Å². The highest BCUT2D eigenvalue weighted by Crippen LogP contribution is 2.28. The summed E-state index contributed by atoms with van der Waals surface area (Å²) in [6.45, 7) is 2.55. The molecule has 2 aromatic rings. The third-order valence-corrected chi connectivity index (χ3v) is 5.16. The number of hydrogen-bond donors (Lipinski definition) is 2. The number of fused-ring (bicyclic) bond motifs is 1. The van der Waals surface area contributed by atoms with Crippen LogP contribution in [-0.2, 0) is 0 Å². The van der Waals surface area contributed by atoms with Crippen LogP contribution in [0.15, 0.2) is 35.1 Å². The fraction of sp³-hybridized carbons (Fsp3) is 0.474. The molecule has 1 saturated carbocycles. The van der Waals surface area contributed by atoms with Crippen molar-refractivity contribution >= 4 is 29.2 Å². The number of rotatable bonds is 4. The number of aromatic amines is 1. The molecule has 1 aliphatic heterocycles. The second-order valence-corrected chi connectivity index (χ2v) is 7.02. The predicted molar refractivity (Wildman–Crippen MR) is 101 cm³/mol. The van der Waals surface area contributed by atoms with Crippen molar-refractivity contribution in [2.75, 3.05) is 19.6 Å². The second kappa shape index (κ2) is 7.58. The van der Waals surface area contributed by atoms with Gasteiger partial charge in [-0.25, -0.2) is 0 Å². The van der Waals surface area contributed by atoms with Crippen LogP contribution in [0.3, 0.4) is 0 Å². The van der Waals surface area contributed by atoms with Gasteiger partial charge >= 0.3 is 0 Å². The Labute approximate surface area is 153 Å². The van der Waals surface area contributed by atoms with Crippen molar-refractivity contribution in [3.8, 4) is 0 Å². The van der Waals surface area contributed by atoms with Crippen LogP contribution in [0.2, 0.25) is 0 Å². The number of para-hydroxylation sites is 1. The fourth-order valence-corrected chi connectivity index (χ4v) is 3.42. The summed E-state index contributed by atoms with van der Waals surface area (Å²) in [4.78, 5) is 29.6. The first kappa shape index (κ1) is 18.0. The first-order valence-electron chi connectivity index (χ1n) is 8.85. The van der Waals surface area contributed by atoms with Crippen molar-refractivity contribution in [1.29, 1.82) is 0 Å². The molecule has 5 nitrogen and oxygen atoms in total. The van der Waals surface area contributed by atoms with Crippen molar-refractivity contribution in [3.63, 3.8) is 0 Å². The van der Waals surface area contributed by atoms with E-state index in [1.165, 1.54) is 12.8 Å². The Balaban J connectivity index is 0.00000182. The predicted octanol–water partition coefficient (Wildman–Crippen LogP) is 2.55. The van der Waals surface area contributed by atoms with Crippen LogP contribution in [0.4, 0.5) is 0 Å². The molecule has 2 heterocycles. The van der Waals surface area contributed by atoms with E-state index in [9.17, 15) is 9.59 Å². The van der Waals surface area contributed by atoms with E-state index >= 15 is 0 Å². The van der Waals surface area contributed by atoms with E-state index in [0.29, 0.717) is 19.1 Å². The van der Waals surface area contributed by atoms with Crippen molar-refractivity contribution in [1.82, 2.24) is 15.2 Å². The molecule has 0 spiro atoms. The second-order valence-electron chi connectivity index (χ2n) is 7.02. The maximum absolute atomic E-state index is 12.7. The third kappa shape index (κ3) is 4.05. The molecule has 1 saturated heterocycles. The minimum absolute atomic E-state index is 0. The number of hydrogen-bond acceptors (Lipinski definition) is 3. The number of pyridine rings is 1. The highest BCUT2D eigenvalue weighted by atomic mass is 35.5. The lowest BCUT2D eigenvalue weighted by molar-refractivity contribution is 0.0703. The van der Waals surface area contributed by atoms with Gasteiger partial charge in [0.15, 0.2) is 0 Å². The van der Waals surface area contributed by atoms with Crippen LogP contribution in [0, 0.1) is 5.92 Å². The number of aromatic nitrogens is 1. The topological polar surface area (TPSA) is 65.2 Å². The Morgan fingerprint density at radius 3 is 2.60 bits per heavy atom. The standard InChI is InChI=1S/C19H23N3O2.ClH/c23-18-16(11-14-3-1-2-4-17(14)21-18)19(24)22-9-7-15(8-10-22)20-12-13-5-6-13;/h1-4,11,13,15,20H,5-10,12H2,(H,21,23);1H. The lowest BCUT2D eigenvalue weighted by atomic mass is 10.0. The summed E-state index contributed by atoms with van der Waals surface area (Å²) in [6, 6.07) is 9.77. The molecule has 2 aliphatic rings. The van der Waals surface area contributed by atoms with Gasteiger partial charge in [-0.05, 0) is 55.7 Å². The molecule has 134 valence electrons. The number of likely N-dealkylation sites (tertiary alicyclic amines) is 1. The zero-order valence-electron chi connectivity index (χ0n) is 14.2. The quantitative estimate of drug-likeness (QED) is 0.879. The van der Waals surface area contributed by atoms with Gasteiger partial charge in [0, 0.05) is 24.6 Å². The van der Waals surface area contributed by atoms with Gasteiger partial charge in [0.05, 0.1) is 0 Å². The number of amides is 1. The maximum atomic E-state index is 12.7. The summed E-state index contributed by atoms with van der Waals surface area (Å²) < 4.78 is 0. The number of H-pyrrole nitrogens is 1. The minimum atomic E-state index is -0.298. The Bertz CT molecular complexity index is 808. The Morgan fingerprint density at radius 2 is 1.88 bits per heavy atom. The first-order valence-corrected chi connectivity index (χ1v) is 8.85. The summed E-state index contributed by atoms with van der Waals surface area (Å²) in [5.41, 5.74) is 0.716. The first-order chi connectivity index (χ1) is 11.7. The Morgan fingerprint density at radius 1 is 1.16 bits per heavy atom. The highest BCUT2D eigenvalue weighted by molar-refractivity contribution is 5.97. The molecule has 0 radical (unpaired) electrons. The number of piperidine rings is 1. The van der Waals surface area contributed by atoms with Crippen LogP contribution in [0.25, 0.3) is 10.9 Å². The molecule has 0 atom stereocenters. The van der Waals surface area contributed by atoms with Gasteiger partial charge in [-0.1, -0.05) is 18.2 Å². The van der Waals surface area contributed by atoms with Crippen LogP contribution in [-0.4, -0.2) is 41.5 Å². The van der Waals surface area contributed by atoms with Gasteiger partial charge in [-0.3, -0.25) is 9.59 Å². The third-order valence-electron chi connectivity index (χ3n) is 5.16. The molecule has 1 aliphatic carbocycles. The number of carbonyl (C=O) groups is 1. The summed E-state index contributed by atoms with van der Waals surface area (Å²) in [7, 11) is 0. The van der Waals surface area contributed by atoms with Gasteiger partial charge in [-0.2, -0.15) is 0 Å². The fourth-order valence-electron chi connectivity index (χ4n) is 3.42. The number of nitrogens with one attached hydrogen (secondary N) is 2. The van der Waals surface area contributed by atoms with Gasteiger partial charge in [0.2, 0.25) is 0 Å². The molecule has 2 fully saturated rings. The van der Waals surface area contributed by atoms with Crippen LogP contribution in [0.5, 0.6) is 0 Å². The highest BCUT2D eigenvalue weighted by Gasteiger charge is 2.27. The van der Waals surface area contributed by atoms with Crippen LogP contribution < -0.4 is 10.9 Å². The summed E-state index contributed by atoms with van der Waals surface area (Å²) in [6.07, 6.45) is 4.64. The van der Waals surface area contributed by atoms with E-state index in [2.05, 4.69) is 10.3 Å². The lowest BCUT2D eigenvalue weighted by Crippen LogP contribution is -2.46. The maximum Gasteiger partial charge on any atom is 0.261 e. The number of carbonyl (C=O) groups excluding carboxylic acids is 1. The number of halogens is 1. The van der Waals surface area contributed by atoms with E-state index in [1.54, 1.807) is 6.07 Å². The van der Waals surface area contributed by atoms with E-state index < -0.39 is 0 Å². The Kier molecular flexibility index (Phi) is 5.45. The zero-order chi connectivity index (χ0) is 16.5. The van der Waals surface area contributed by atoms with Crippen molar-refractivity contribution in [3.05, 3.63) is 46.2 Å². The molecule has 0 unspecified atom stereocenters. The molecule has 0 bridgehead atoms. The zero-order valence-corrected chi connectivity index (χ0v) is 15.0. The molecule has 1 amide bonds. The van der Waals surface area contributed by atoms with E-state index in [0.717, 1.165) is 36.2 Å². The van der Waals surface area contributed by atoms with Gasteiger partial charge < -0.3 is 15.2 Å². The normalized spacial score (nSPS) is 18.2. The van der Waals surface area contributed by atoms with Gasteiger partial charge in [0.1, 0.15) is 5.56 Å². The average Bonchev–Trinajstić information content (AvgIpc) is 3.44. The number of benzene rings is 1. The summed E-state index contributed by atoms with van der Waals surface area (Å²) in [5.74, 6) is 0.725. The molecular weight excluding hydrogens is 338 g/mol. The molecule has 2 N–H and O–H groups in total. The van der Waals surface area contributed by atoms with Gasteiger partial charge in [0.25, 0.3) is 11.5 Å². The van der Waals surface area contributed by atoms with Crippen LogP contribution >= 0.6 is 12.4 Å². The minimum Gasteiger partial charge on any atom is -0.338 e. The summed E-state index contributed by atoms with van der Waals surface area (Å²) >= 11 is 0. The smallest absolute Gasteiger partial charge is 0.261 e. The summed E-state index contributed by atoms with van der Waals surface area (Å²) in [5, 5.41) is 4.50. The van der Waals surface area contributed by atoms with Crippen molar-refractivity contribution in [2.45, 2.75) is 31.7 Å². The largest absolute Gasteiger partial charge is 0.338 e. The molecular formula is C19H24ClN3O2. The van der Waals surface area contributed by atoms with Crippen LogP contribution in [0.1, 0.15) is 36.0 Å². The molecule has 25 heavy (non-hydrogen) atoms. The number of nitrogens with zero attached hydrogens (tertiary/aromatic N) is 1. The Hall–Kier alpha value is -1.85. The molecule has 1 aromatic heterocycles. The van der Waals surface area contributed by atoms with E-state index in [-0.39, 0.29) is 29.4 Å². The van der Waals surface area contributed by atoms with Crippen molar-refractivity contribution < 1.29 is 4.79 Å². The SMILES string of the molecule is Cl.O=C(c1cc2ccccc2[nH]c1=O)N1CCC(NCC2CC2)CC1. The van der Waals surface area contributed by atoms with E-state index in [4.69, 9.17) is 0 Å². The average molecular weight is 362 g/mol. The molecule has 6 heteroatoms. The lowest BCUT2D eigenvalue weighted by Gasteiger charge is -2.32.